The Morgan fingerprint density at radius 1 is 1.30 bits per heavy atom. The number of nitrogens with two attached hydrogens (primary N) is 1. The molecule has 1 aromatic heterocycles. The Hall–Kier alpha value is -1.99. The summed E-state index contributed by atoms with van der Waals surface area (Å²) in [4.78, 5) is 3.74. The molecule has 106 valence electrons. The Morgan fingerprint density at radius 2 is 2.05 bits per heavy atom. The Labute approximate surface area is 121 Å². The van der Waals surface area contributed by atoms with Crippen molar-refractivity contribution in [3.05, 3.63) is 41.6 Å². The van der Waals surface area contributed by atoms with Crippen molar-refractivity contribution in [1.29, 1.82) is 0 Å². The molecule has 0 saturated heterocycles. The normalized spacial score (nSPS) is 11.1. The van der Waals surface area contributed by atoms with E-state index in [1.54, 1.807) is 12.1 Å². The van der Waals surface area contributed by atoms with Crippen molar-refractivity contribution in [2.24, 2.45) is 0 Å². The molecule has 0 radical (unpaired) electrons. The lowest BCUT2D eigenvalue weighted by molar-refractivity contribution is 0.415. The number of anilines is 2. The molecular formula is C12H12ClN3O3S. The molecule has 2 aromatic rings. The Bertz CT molecular complexity index is 717. The predicted molar refractivity (Wildman–Crippen MR) is 77.5 cm³/mol. The highest BCUT2D eigenvalue weighted by Gasteiger charge is 2.16. The number of benzene rings is 1. The van der Waals surface area contributed by atoms with Gasteiger partial charge in [0.05, 0.1) is 17.8 Å². The van der Waals surface area contributed by atoms with Gasteiger partial charge in [-0.3, -0.25) is 4.72 Å². The first-order valence-corrected chi connectivity index (χ1v) is 7.36. The smallest absolute Gasteiger partial charge is 0.263 e. The summed E-state index contributed by atoms with van der Waals surface area (Å²) in [5, 5.41) is 0.262. The molecule has 2 rings (SSSR count). The monoisotopic (exact) mass is 313 g/mol. The maximum Gasteiger partial charge on any atom is 0.263 e. The highest BCUT2D eigenvalue weighted by molar-refractivity contribution is 7.92. The van der Waals surface area contributed by atoms with Gasteiger partial charge in [-0.1, -0.05) is 11.6 Å². The van der Waals surface area contributed by atoms with Crippen molar-refractivity contribution in [1.82, 2.24) is 4.98 Å². The first-order chi connectivity index (χ1) is 9.42. The second-order valence-electron chi connectivity index (χ2n) is 3.87. The molecular weight excluding hydrogens is 302 g/mol. The minimum atomic E-state index is -3.79. The highest BCUT2D eigenvalue weighted by atomic mass is 35.5. The number of methoxy groups -OCH3 is 1. The summed E-state index contributed by atoms with van der Waals surface area (Å²) < 4.78 is 31.7. The molecule has 0 aliphatic heterocycles. The fraction of sp³-hybridized carbons (Fsp3) is 0.0833. The van der Waals surface area contributed by atoms with Crippen LogP contribution in [0.4, 0.5) is 11.5 Å². The van der Waals surface area contributed by atoms with Crippen molar-refractivity contribution in [3.8, 4) is 5.75 Å². The molecule has 1 aromatic carbocycles. The molecule has 0 saturated carbocycles. The summed E-state index contributed by atoms with van der Waals surface area (Å²) in [6, 6.07) is 7.43. The van der Waals surface area contributed by atoms with Gasteiger partial charge >= 0.3 is 0 Å². The zero-order chi connectivity index (χ0) is 14.8. The van der Waals surface area contributed by atoms with E-state index >= 15 is 0 Å². The molecule has 20 heavy (non-hydrogen) atoms. The summed E-state index contributed by atoms with van der Waals surface area (Å²) in [6.45, 7) is 0. The van der Waals surface area contributed by atoms with Gasteiger partial charge in [-0.15, -0.1) is 0 Å². The molecule has 0 aliphatic rings. The van der Waals surface area contributed by atoms with Crippen molar-refractivity contribution in [3.63, 3.8) is 0 Å². The second kappa shape index (κ2) is 5.56. The third kappa shape index (κ3) is 3.12. The summed E-state index contributed by atoms with van der Waals surface area (Å²) in [5.74, 6) is 0.728. The third-order valence-corrected chi connectivity index (χ3v) is 4.17. The van der Waals surface area contributed by atoms with Crippen molar-refractivity contribution < 1.29 is 13.2 Å². The van der Waals surface area contributed by atoms with Crippen LogP contribution >= 0.6 is 11.6 Å². The number of sulfonamides is 1. The quantitative estimate of drug-likeness (QED) is 0.901. The van der Waals surface area contributed by atoms with Crippen LogP contribution in [0.2, 0.25) is 5.02 Å². The number of nitrogens with one attached hydrogen (secondary N) is 1. The van der Waals surface area contributed by atoms with E-state index in [0.29, 0.717) is 5.75 Å². The minimum absolute atomic E-state index is 0.00872. The van der Waals surface area contributed by atoms with Crippen molar-refractivity contribution in [2.45, 2.75) is 4.90 Å². The van der Waals surface area contributed by atoms with Gasteiger partial charge in [-0.2, -0.15) is 0 Å². The van der Waals surface area contributed by atoms with Gasteiger partial charge in [-0.25, -0.2) is 13.4 Å². The van der Waals surface area contributed by atoms with Gasteiger partial charge in [0, 0.05) is 12.3 Å². The average Bonchev–Trinajstić information content (AvgIpc) is 2.41. The van der Waals surface area contributed by atoms with E-state index in [0.717, 1.165) is 0 Å². The molecule has 1 heterocycles. The van der Waals surface area contributed by atoms with Crippen LogP contribution < -0.4 is 15.2 Å². The summed E-state index contributed by atoms with van der Waals surface area (Å²) in [5.41, 5.74) is 5.65. The maximum absolute atomic E-state index is 12.2. The summed E-state index contributed by atoms with van der Waals surface area (Å²) in [7, 11) is -2.31. The predicted octanol–water partition coefficient (Wildman–Crippen LogP) is 2.13. The fourth-order valence-electron chi connectivity index (χ4n) is 1.46. The van der Waals surface area contributed by atoms with E-state index in [4.69, 9.17) is 22.1 Å². The Morgan fingerprint density at radius 3 is 2.65 bits per heavy atom. The van der Waals surface area contributed by atoms with Gasteiger partial charge in [-0.05, 0) is 24.3 Å². The highest BCUT2D eigenvalue weighted by Crippen LogP contribution is 2.28. The zero-order valence-corrected chi connectivity index (χ0v) is 12.1. The lowest BCUT2D eigenvalue weighted by atomic mass is 10.3. The Kier molecular flexibility index (Phi) is 4.01. The van der Waals surface area contributed by atoms with Crippen LogP contribution in [-0.2, 0) is 10.0 Å². The van der Waals surface area contributed by atoms with E-state index in [1.165, 1.54) is 31.5 Å². The van der Waals surface area contributed by atoms with Crippen LogP contribution in [0.15, 0.2) is 41.4 Å². The largest absolute Gasteiger partial charge is 0.497 e. The van der Waals surface area contributed by atoms with E-state index in [1.807, 2.05) is 0 Å². The van der Waals surface area contributed by atoms with Crippen molar-refractivity contribution >= 4 is 33.1 Å². The molecule has 0 spiro atoms. The number of hydrogen-bond donors (Lipinski definition) is 2. The molecule has 0 atom stereocenters. The van der Waals surface area contributed by atoms with E-state index in [9.17, 15) is 8.42 Å². The van der Waals surface area contributed by atoms with E-state index < -0.39 is 10.0 Å². The van der Waals surface area contributed by atoms with Crippen LogP contribution in [0.3, 0.4) is 0 Å². The molecule has 0 amide bonds. The topological polar surface area (TPSA) is 94.3 Å². The Balaban J connectivity index is 2.35. The fourth-order valence-corrected chi connectivity index (χ4v) is 2.70. The maximum atomic E-state index is 12.2. The second-order valence-corrected chi connectivity index (χ2v) is 5.96. The van der Waals surface area contributed by atoms with E-state index in [-0.39, 0.29) is 21.4 Å². The number of nitrogens with zero attached hydrogens (tertiary/aromatic N) is 1. The number of rotatable bonds is 4. The first-order valence-electron chi connectivity index (χ1n) is 5.50. The number of nitrogen functional groups attached to an aromatic ring is 1. The third-order valence-electron chi connectivity index (χ3n) is 2.49. The van der Waals surface area contributed by atoms with Crippen LogP contribution in [-0.4, -0.2) is 20.5 Å². The SMILES string of the molecule is COc1ccc(Cl)c(NS(=O)(=O)c2ccc(N)nc2)c1. The lowest BCUT2D eigenvalue weighted by Gasteiger charge is -2.10. The van der Waals surface area contributed by atoms with Gasteiger partial charge in [0.1, 0.15) is 16.5 Å². The number of halogens is 1. The van der Waals surface area contributed by atoms with Crippen LogP contribution in [0, 0.1) is 0 Å². The van der Waals surface area contributed by atoms with Crippen LogP contribution in [0.25, 0.3) is 0 Å². The van der Waals surface area contributed by atoms with E-state index in [2.05, 4.69) is 9.71 Å². The number of pyridine rings is 1. The number of aromatic nitrogens is 1. The molecule has 6 nitrogen and oxygen atoms in total. The van der Waals surface area contributed by atoms with Gasteiger partial charge in [0.25, 0.3) is 10.0 Å². The minimum Gasteiger partial charge on any atom is -0.497 e. The van der Waals surface area contributed by atoms with Crippen molar-refractivity contribution in [2.75, 3.05) is 17.6 Å². The van der Waals surface area contributed by atoms with Gasteiger partial charge in [0.2, 0.25) is 0 Å². The number of ether oxygens (including phenoxy) is 1. The first kappa shape index (κ1) is 14.4. The van der Waals surface area contributed by atoms with Crippen LogP contribution in [0.1, 0.15) is 0 Å². The number of hydrogen-bond acceptors (Lipinski definition) is 5. The molecule has 0 fully saturated rings. The lowest BCUT2D eigenvalue weighted by Crippen LogP contribution is -2.13. The molecule has 0 aliphatic carbocycles. The molecule has 8 heteroatoms. The standard InChI is InChI=1S/C12H12ClN3O3S/c1-19-8-2-4-10(13)11(6-8)16-20(17,18)9-3-5-12(14)15-7-9/h2-7,16H,1H3,(H2,14,15). The zero-order valence-electron chi connectivity index (χ0n) is 10.5. The average molecular weight is 314 g/mol. The van der Waals surface area contributed by atoms with Gasteiger partial charge in [0.15, 0.2) is 0 Å². The van der Waals surface area contributed by atoms with Gasteiger partial charge < -0.3 is 10.5 Å². The van der Waals surface area contributed by atoms with Crippen LogP contribution in [0.5, 0.6) is 5.75 Å². The summed E-state index contributed by atoms with van der Waals surface area (Å²) in [6.07, 6.45) is 1.17. The molecule has 3 N–H and O–H groups in total. The summed E-state index contributed by atoms with van der Waals surface area (Å²) >= 11 is 5.95. The molecule has 0 bridgehead atoms. The molecule has 0 unspecified atom stereocenters.